The van der Waals surface area contributed by atoms with Crippen molar-refractivity contribution in [1.29, 1.82) is 0 Å². The van der Waals surface area contributed by atoms with Gasteiger partial charge in [-0.3, -0.25) is 4.79 Å². The topological polar surface area (TPSA) is 58.6 Å². The van der Waals surface area contributed by atoms with Crippen LogP contribution >= 0.6 is 11.6 Å². The maximum absolute atomic E-state index is 11.6. The van der Waals surface area contributed by atoms with Crippen LogP contribution in [0.3, 0.4) is 0 Å². The highest BCUT2D eigenvalue weighted by atomic mass is 35.5. The van der Waals surface area contributed by atoms with Gasteiger partial charge in [0.2, 0.25) is 5.91 Å². The molecule has 0 aliphatic carbocycles. The number of hydrogen-bond acceptors (Lipinski definition) is 3. The molecular weight excluding hydrogens is 254 g/mol. The average molecular weight is 272 g/mol. The van der Waals surface area contributed by atoms with Crippen LogP contribution in [0.1, 0.15) is 12.0 Å². The largest absolute Gasteiger partial charge is 0.391 e. The molecule has 0 aromatic heterocycles. The minimum absolute atomic E-state index is 0.0676. The first kappa shape index (κ1) is 15.0. The second-order valence-electron chi connectivity index (χ2n) is 4.05. The van der Waals surface area contributed by atoms with Crippen LogP contribution < -0.4 is 5.32 Å². The molecule has 1 atom stereocenters. The summed E-state index contributed by atoms with van der Waals surface area (Å²) in [6, 6.07) is 7.16. The van der Waals surface area contributed by atoms with Gasteiger partial charge in [-0.15, -0.1) is 0 Å². The van der Waals surface area contributed by atoms with Crippen LogP contribution in [-0.2, 0) is 16.0 Å². The Morgan fingerprint density at radius 2 is 2.11 bits per heavy atom. The van der Waals surface area contributed by atoms with E-state index < -0.39 is 6.10 Å². The molecule has 0 aliphatic rings. The number of methoxy groups -OCH3 is 1. The molecule has 5 heteroatoms. The normalized spacial score (nSPS) is 12.2. The molecule has 0 bridgehead atoms. The first-order valence-electron chi connectivity index (χ1n) is 5.80. The fraction of sp³-hybridized carbons (Fsp3) is 0.462. The van der Waals surface area contributed by atoms with E-state index in [9.17, 15) is 9.90 Å². The summed E-state index contributed by atoms with van der Waals surface area (Å²) in [7, 11) is 1.53. The van der Waals surface area contributed by atoms with E-state index in [1.807, 2.05) is 12.1 Å². The molecule has 0 fully saturated rings. The number of amides is 1. The zero-order chi connectivity index (χ0) is 13.4. The quantitative estimate of drug-likeness (QED) is 0.788. The molecule has 0 heterocycles. The molecule has 18 heavy (non-hydrogen) atoms. The fourth-order valence-electron chi connectivity index (χ4n) is 1.50. The molecular formula is C13H18ClNO3. The lowest BCUT2D eigenvalue weighted by atomic mass is 10.1. The molecule has 1 amide bonds. The highest BCUT2D eigenvalue weighted by Gasteiger charge is 2.06. The summed E-state index contributed by atoms with van der Waals surface area (Å²) >= 11 is 5.76. The van der Waals surface area contributed by atoms with Crippen LogP contribution in [0.25, 0.3) is 0 Å². The number of aliphatic hydroxyl groups is 1. The highest BCUT2D eigenvalue weighted by Crippen LogP contribution is 2.09. The third kappa shape index (κ3) is 6.00. The number of carbonyl (C=O) groups is 1. The summed E-state index contributed by atoms with van der Waals surface area (Å²) in [4.78, 5) is 11.6. The van der Waals surface area contributed by atoms with Gasteiger partial charge in [-0.05, 0) is 24.1 Å². The summed E-state index contributed by atoms with van der Waals surface area (Å²) < 4.78 is 4.79. The van der Waals surface area contributed by atoms with Crippen molar-refractivity contribution in [3.05, 3.63) is 34.9 Å². The van der Waals surface area contributed by atoms with Crippen molar-refractivity contribution in [2.24, 2.45) is 0 Å². The molecule has 0 spiro atoms. The molecule has 0 aliphatic heterocycles. The Morgan fingerprint density at radius 3 is 2.72 bits per heavy atom. The average Bonchev–Trinajstić information content (AvgIpc) is 2.32. The van der Waals surface area contributed by atoms with Crippen LogP contribution in [0.4, 0.5) is 0 Å². The second kappa shape index (κ2) is 8.08. The molecule has 2 N–H and O–H groups in total. The molecule has 4 nitrogen and oxygen atoms in total. The third-order valence-corrected chi connectivity index (χ3v) is 2.69. The number of carbonyl (C=O) groups excluding carboxylic acids is 1. The van der Waals surface area contributed by atoms with Gasteiger partial charge in [0, 0.05) is 18.7 Å². The summed E-state index contributed by atoms with van der Waals surface area (Å²) in [6.07, 6.45) is 0.267. The minimum Gasteiger partial charge on any atom is -0.391 e. The Hall–Kier alpha value is -1.10. The lowest BCUT2D eigenvalue weighted by Gasteiger charge is -2.10. The fourth-order valence-corrected chi connectivity index (χ4v) is 1.63. The number of benzene rings is 1. The third-order valence-electron chi connectivity index (χ3n) is 2.44. The zero-order valence-electron chi connectivity index (χ0n) is 10.4. The summed E-state index contributed by atoms with van der Waals surface area (Å²) in [5.74, 6) is -0.0676. The summed E-state index contributed by atoms with van der Waals surface area (Å²) in [6.45, 7) is 0.726. The Morgan fingerprint density at radius 1 is 1.44 bits per heavy atom. The van der Waals surface area contributed by atoms with Crippen molar-refractivity contribution >= 4 is 17.5 Å². The molecule has 1 aromatic carbocycles. The van der Waals surface area contributed by atoms with Crippen LogP contribution in [0, 0.1) is 0 Å². The number of halogens is 1. The molecule has 1 rings (SSSR count). The van der Waals surface area contributed by atoms with Gasteiger partial charge < -0.3 is 15.2 Å². The van der Waals surface area contributed by atoms with E-state index >= 15 is 0 Å². The predicted octanol–water partition coefficient (Wildman–Crippen LogP) is 1.40. The molecule has 0 saturated heterocycles. The summed E-state index contributed by atoms with van der Waals surface area (Å²) in [5, 5.41) is 12.8. The second-order valence-corrected chi connectivity index (χ2v) is 4.49. The minimum atomic E-state index is -0.536. The Labute approximate surface area is 112 Å². The SMILES string of the molecule is COCC(O)CCNC(=O)Cc1ccc(Cl)cc1. The van der Waals surface area contributed by atoms with E-state index in [1.54, 1.807) is 12.1 Å². The van der Waals surface area contributed by atoms with Crippen LogP contribution in [0.15, 0.2) is 24.3 Å². The standard InChI is InChI=1S/C13H18ClNO3/c1-18-9-12(16)6-7-15-13(17)8-10-2-4-11(14)5-3-10/h2-5,12,16H,6-9H2,1H3,(H,15,17). The van der Waals surface area contributed by atoms with Gasteiger partial charge in [0.25, 0.3) is 0 Å². The Kier molecular flexibility index (Phi) is 6.72. The zero-order valence-corrected chi connectivity index (χ0v) is 11.1. The van der Waals surface area contributed by atoms with Crippen molar-refractivity contribution < 1.29 is 14.6 Å². The van der Waals surface area contributed by atoms with Crippen molar-refractivity contribution in [1.82, 2.24) is 5.32 Å². The van der Waals surface area contributed by atoms with Gasteiger partial charge in [-0.1, -0.05) is 23.7 Å². The van der Waals surface area contributed by atoms with Crippen LogP contribution in [0.5, 0.6) is 0 Å². The van der Waals surface area contributed by atoms with Gasteiger partial charge in [0.05, 0.1) is 19.1 Å². The Balaban J connectivity index is 2.23. The van der Waals surface area contributed by atoms with Gasteiger partial charge >= 0.3 is 0 Å². The predicted molar refractivity (Wildman–Crippen MR) is 70.7 cm³/mol. The molecule has 100 valence electrons. The van der Waals surface area contributed by atoms with E-state index in [-0.39, 0.29) is 12.5 Å². The van der Waals surface area contributed by atoms with Crippen LogP contribution in [0.2, 0.25) is 5.02 Å². The first-order valence-corrected chi connectivity index (χ1v) is 6.17. The van der Waals surface area contributed by atoms with Crippen molar-refractivity contribution in [3.8, 4) is 0 Å². The lowest BCUT2D eigenvalue weighted by Crippen LogP contribution is -2.29. The van der Waals surface area contributed by atoms with E-state index in [0.29, 0.717) is 24.4 Å². The number of aliphatic hydroxyl groups excluding tert-OH is 1. The molecule has 1 aromatic rings. The Bertz CT molecular complexity index is 367. The van der Waals surface area contributed by atoms with Crippen LogP contribution in [-0.4, -0.2) is 37.4 Å². The first-order chi connectivity index (χ1) is 8.61. The maximum atomic E-state index is 11.6. The number of nitrogens with one attached hydrogen (secondary N) is 1. The molecule has 0 radical (unpaired) electrons. The van der Waals surface area contributed by atoms with Gasteiger partial charge in [-0.2, -0.15) is 0 Å². The number of hydrogen-bond donors (Lipinski definition) is 2. The van der Waals surface area contributed by atoms with E-state index in [0.717, 1.165) is 5.56 Å². The number of ether oxygens (including phenoxy) is 1. The van der Waals surface area contributed by atoms with E-state index in [1.165, 1.54) is 7.11 Å². The molecule has 1 unspecified atom stereocenters. The number of rotatable bonds is 7. The van der Waals surface area contributed by atoms with Crippen molar-refractivity contribution in [2.75, 3.05) is 20.3 Å². The van der Waals surface area contributed by atoms with Gasteiger partial charge in [-0.25, -0.2) is 0 Å². The van der Waals surface area contributed by atoms with Crippen molar-refractivity contribution in [3.63, 3.8) is 0 Å². The monoisotopic (exact) mass is 271 g/mol. The van der Waals surface area contributed by atoms with Crippen molar-refractivity contribution in [2.45, 2.75) is 18.9 Å². The molecule has 0 saturated carbocycles. The smallest absolute Gasteiger partial charge is 0.224 e. The van der Waals surface area contributed by atoms with Gasteiger partial charge in [0.15, 0.2) is 0 Å². The van der Waals surface area contributed by atoms with E-state index in [4.69, 9.17) is 16.3 Å². The van der Waals surface area contributed by atoms with Gasteiger partial charge in [0.1, 0.15) is 0 Å². The van der Waals surface area contributed by atoms with E-state index in [2.05, 4.69) is 5.32 Å². The lowest BCUT2D eigenvalue weighted by molar-refractivity contribution is -0.120. The maximum Gasteiger partial charge on any atom is 0.224 e. The highest BCUT2D eigenvalue weighted by molar-refractivity contribution is 6.30. The summed E-state index contributed by atoms with van der Waals surface area (Å²) in [5.41, 5.74) is 0.911.